The lowest BCUT2D eigenvalue weighted by molar-refractivity contribution is 0.0867. The Hall–Kier alpha value is -1.55. The minimum Gasteiger partial charge on any atom is -0.384 e. The van der Waals surface area contributed by atoms with E-state index in [1.54, 1.807) is 7.11 Å². The van der Waals surface area contributed by atoms with Crippen LogP contribution in [-0.4, -0.2) is 32.2 Å². The maximum Gasteiger partial charge on any atom is 0.253 e. The standard InChI is InChI=1S/C16H26N2O2/c1-5-10-17-14-9-7-6-8-13(14)16(19)18-15(11-20-4)12(2)3/h6-9,12,15,17H,5,10-11H2,1-4H3,(H,18,19). The van der Waals surface area contributed by atoms with Crippen molar-refractivity contribution in [2.75, 3.05) is 25.6 Å². The average molecular weight is 278 g/mol. The molecule has 20 heavy (non-hydrogen) atoms. The van der Waals surface area contributed by atoms with Crippen LogP contribution in [0.4, 0.5) is 5.69 Å². The zero-order valence-electron chi connectivity index (χ0n) is 12.9. The first kappa shape index (κ1) is 16.5. The Bertz CT molecular complexity index is 419. The number of anilines is 1. The Labute approximate surface area is 121 Å². The third kappa shape index (κ3) is 4.85. The first-order valence-corrected chi connectivity index (χ1v) is 7.22. The second kappa shape index (κ2) is 8.59. The van der Waals surface area contributed by atoms with Gasteiger partial charge in [-0.15, -0.1) is 0 Å². The van der Waals surface area contributed by atoms with Crippen molar-refractivity contribution in [3.05, 3.63) is 29.8 Å². The number of nitrogens with one attached hydrogen (secondary N) is 2. The first-order valence-electron chi connectivity index (χ1n) is 7.22. The summed E-state index contributed by atoms with van der Waals surface area (Å²) in [7, 11) is 1.65. The van der Waals surface area contributed by atoms with Gasteiger partial charge in [0.1, 0.15) is 0 Å². The van der Waals surface area contributed by atoms with Gasteiger partial charge in [0, 0.05) is 19.3 Å². The Kier molecular flexibility index (Phi) is 7.09. The van der Waals surface area contributed by atoms with Gasteiger partial charge in [0.15, 0.2) is 0 Å². The number of methoxy groups -OCH3 is 1. The highest BCUT2D eigenvalue weighted by Gasteiger charge is 2.18. The van der Waals surface area contributed by atoms with Crippen LogP contribution in [0.3, 0.4) is 0 Å². The van der Waals surface area contributed by atoms with E-state index in [1.807, 2.05) is 24.3 Å². The number of rotatable bonds is 8. The van der Waals surface area contributed by atoms with Gasteiger partial charge < -0.3 is 15.4 Å². The van der Waals surface area contributed by atoms with Gasteiger partial charge in [-0.2, -0.15) is 0 Å². The van der Waals surface area contributed by atoms with Crippen LogP contribution in [-0.2, 0) is 4.74 Å². The second-order valence-corrected chi connectivity index (χ2v) is 5.25. The molecule has 1 rings (SSSR count). The summed E-state index contributed by atoms with van der Waals surface area (Å²) in [6.07, 6.45) is 1.02. The molecule has 0 spiro atoms. The lowest BCUT2D eigenvalue weighted by atomic mass is 10.0. The van der Waals surface area contributed by atoms with Gasteiger partial charge in [0.25, 0.3) is 5.91 Å². The summed E-state index contributed by atoms with van der Waals surface area (Å²) in [5, 5.41) is 6.33. The van der Waals surface area contributed by atoms with Crippen molar-refractivity contribution < 1.29 is 9.53 Å². The smallest absolute Gasteiger partial charge is 0.253 e. The van der Waals surface area contributed by atoms with Crippen LogP contribution < -0.4 is 10.6 Å². The van der Waals surface area contributed by atoms with Crippen LogP contribution in [0.5, 0.6) is 0 Å². The summed E-state index contributed by atoms with van der Waals surface area (Å²) in [4.78, 5) is 12.4. The molecule has 2 N–H and O–H groups in total. The van der Waals surface area contributed by atoms with E-state index in [2.05, 4.69) is 31.4 Å². The van der Waals surface area contributed by atoms with Gasteiger partial charge in [-0.1, -0.05) is 32.9 Å². The van der Waals surface area contributed by atoms with E-state index in [9.17, 15) is 4.79 Å². The van der Waals surface area contributed by atoms with E-state index in [1.165, 1.54) is 0 Å². The fourth-order valence-electron chi connectivity index (χ4n) is 1.92. The summed E-state index contributed by atoms with van der Waals surface area (Å²) < 4.78 is 5.17. The highest BCUT2D eigenvalue weighted by Crippen LogP contribution is 2.15. The van der Waals surface area contributed by atoms with Crippen molar-refractivity contribution >= 4 is 11.6 Å². The largest absolute Gasteiger partial charge is 0.384 e. The van der Waals surface area contributed by atoms with Gasteiger partial charge in [-0.05, 0) is 24.5 Å². The van der Waals surface area contributed by atoms with Crippen LogP contribution in [0.1, 0.15) is 37.6 Å². The molecular formula is C16H26N2O2. The van der Waals surface area contributed by atoms with E-state index in [0.29, 0.717) is 18.1 Å². The molecule has 1 unspecified atom stereocenters. The molecule has 0 aliphatic carbocycles. The van der Waals surface area contributed by atoms with Gasteiger partial charge in [0.05, 0.1) is 18.2 Å². The van der Waals surface area contributed by atoms with E-state index in [4.69, 9.17) is 4.74 Å². The zero-order chi connectivity index (χ0) is 15.0. The minimum absolute atomic E-state index is 0.0201. The topological polar surface area (TPSA) is 50.4 Å². The molecule has 0 fully saturated rings. The Balaban J connectivity index is 2.80. The van der Waals surface area contributed by atoms with Crippen LogP contribution >= 0.6 is 0 Å². The number of benzene rings is 1. The van der Waals surface area contributed by atoms with Crippen molar-refractivity contribution in [2.24, 2.45) is 5.92 Å². The average Bonchev–Trinajstić information content (AvgIpc) is 2.44. The van der Waals surface area contributed by atoms with Gasteiger partial charge in [0.2, 0.25) is 0 Å². The normalized spacial score (nSPS) is 12.2. The summed E-state index contributed by atoms with van der Waals surface area (Å²) in [5.74, 6) is 0.273. The number of carbonyl (C=O) groups is 1. The molecule has 1 aromatic carbocycles. The van der Waals surface area contributed by atoms with Crippen LogP contribution in [0.15, 0.2) is 24.3 Å². The lowest BCUT2D eigenvalue weighted by Crippen LogP contribution is -2.41. The number of para-hydroxylation sites is 1. The van der Waals surface area contributed by atoms with Crippen molar-refractivity contribution in [3.8, 4) is 0 Å². The van der Waals surface area contributed by atoms with E-state index in [-0.39, 0.29) is 11.9 Å². The van der Waals surface area contributed by atoms with Crippen molar-refractivity contribution in [1.29, 1.82) is 0 Å². The van der Waals surface area contributed by atoms with E-state index in [0.717, 1.165) is 18.7 Å². The predicted molar refractivity (Wildman–Crippen MR) is 83.2 cm³/mol. The molecule has 0 saturated carbocycles. The molecule has 0 aromatic heterocycles. The molecule has 4 nitrogen and oxygen atoms in total. The van der Waals surface area contributed by atoms with Crippen LogP contribution in [0, 0.1) is 5.92 Å². The molecule has 1 atom stereocenters. The zero-order valence-corrected chi connectivity index (χ0v) is 12.9. The monoisotopic (exact) mass is 278 g/mol. The number of ether oxygens (including phenoxy) is 1. The van der Waals surface area contributed by atoms with Gasteiger partial charge in [-0.25, -0.2) is 0 Å². The van der Waals surface area contributed by atoms with Gasteiger partial charge in [-0.3, -0.25) is 4.79 Å². The molecule has 1 aromatic rings. The first-order chi connectivity index (χ1) is 9.60. The Morgan fingerprint density at radius 2 is 2.00 bits per heavy atom. The second-order valence-electron chi connectivity index (χ2n) is 5.25. The number of carbonyl (C=O) groups excluding carboxylic acids is 1. The third-order valence-corrected chi connectivity index (χ3v) is 3.20. The fraction of sp³-hybridized carbons (Fsp3) is 0.562. The molecule has 0 aliphatic rings. The highest BCUT2D eigenvalue weighted by molar-refractivity contribution is 5.99. The van der Waals surface area contributed by atoms with Gasteiger partial charge >= 0.3 is 0 Å². The number of amides is 1. The summed E-state index contributed by atoms with van der Waals surface area (Å²) in [5.41, 5.74) is 1.56. The highest BCUT2D eigenvalue weighted by atomic mass is 16.5. The maximum absolute atomic E-state index is 12.4. The van der Waals surface area contributed by atoms with Crippen molar-refractivity contribution in [1.82, 2.24) is 5.32 Å². The van der Waals surface area contributed by atoms with Crippen LogP contribution in [0.25, 0.3) is 0 Å². The molecule has 0 bridgehead atoms. The predicted octanol–water partition coefficient (Wildman–Crippen LogP) is 2.91. The lowest BCUT2D eigenvalue weighted by Gasteiger charge is -2.22. The van der Waals surface area contributed by atoms with E-state index >= 15 is 0 Å². The maximum atomic E-state index is 12.4. The quantitative estimate of drug-likeness (QED) is 0.768. The molecule has 0 radical (unpaired) electrons. The molecule has 112 valence electrons. The SMILES string of the molecule is CCCNc1ccccc1C(=O)NC(COC)C(C)C. The molecular weight excluding hydrogens is 252 g/mol. The van der Waals surface area contributed by atoms with Crippen molar-refractivity contribution in [3.63, 3.8) is 0 Å². The van der Waals surface area contributed by atoms with Crippen molar-refractivity contribution in [2.45, 2.75) is 33.2 Å². The summed E-state index contributed by atoms with van der Waals surface area (Å²) >= 11 is 0. The van der Waals surface area contributed by atoms with Crippen LogP contribution in [0.2, 0.25) is 0 Å². The summed E-state index contributed by atoms with van der Waals surface area (Å²) in [6, 6.07) is 7.62. The minimum atomic E-state index is -0.0556. The third-order valence-electron chi connectivity index (χ3n) is 3.20. The molecule has 4 heteroatoms. The fourth-order valence-corrected chi connectivity index (χ4v) is 1.92. The van der Waals surface area contributed by atoms with E-state index < -0.39 is 0 Å². The number of hydrogen-bond donors (Lipinski definition) is 2. The molecule has 0 aliphatic heterocycles. The Morgan fingerprint density at radius 3 is 2.60 bits per heavy atom. The summed E-state index contributed by atoms with van der Waals surface area (Å²) in [6.45, 7) is 7.63. The molecule has 1 amide bonds. The Morgan fingerprint density at radius 1 is 1.30 bits per heavy atom. The number of hydrogen-bond acceptors (Lipinski definition) is 3. The molecule has 0 saturated heterocycles. The molecule has 0 heterocycles.